The zero-order chi connectivity index (χ0) is 20.9. The van der Waals surface area contributed by atoms with Gasteiger partial charge >= 0.3 is 0 Å². The van der Waals surface area contributed by atoms with Crippen LogP contribution < -0.4 is 9.62 Å². The SMILES string of the molecule is Cc1ccc(S(=O)(=O)N(CC(=O)NCc2ccncc2)c2cccc(C)c2)cc1. The summed E-state index contributed by atoms with van der Waals surface area (Å²) in [7, 11) is -3.90. The van der Waals surface area contributed by atoms with Gasteiger partial charge in [0.15, 0.2) is 0 Å². The van der Waals surface area contributed by atoms with Gasteiger partial charge in [-0.3, -0.25) is 14.1 Å². The lowest BCUT2D eigenvalue weighted by Crippen LogP contribution is -2.40. The van der Waals surface area contributed by atoms with Crippen LogP contribution in [0.1, 0.15) is 16.7 Å². The van der Waals surface area contributed by atoms with Gasteiger partial charge in [-0.05, 0) is 61.4 Å². The molecule has 0 aliphatic heterocycles. The van der Waals surface area contributed by atoms with Crippen LogP contribution in [0.25, 0.3) is 0 Å². The fraction of sp³-hybridized carbons (Fsp3) is 0.182. The van der Waals surface area contributed by atoms with Gasteiger partial charge in [0.2, 0.25) is 5.91 Å². The van der Waals surface area contributed by atoms with Crippen LogP contribution in [-0.4, -0.2) is 25.9 Å². The van der Waals surface area contributed by atoms with Crippen LogP contribution in [0.4, 0.5) is 5.69 Å². The van der Waals surface area contributed by atoms with Crippen LogP contribution in [-0.2, 0) is 21.4 Å². The Morgan fingerprint density at radius 3 is 2.31 bits per heavy atom. The van der Waals surface area contributed by atoms with Crippen LogP contribution in [0, 0.1) is 13.8 Å². The molecule has 0 spiro atoms. The monoisotopic (exact) mass is 409 g/mol. The van der Waals surface area contributed by atoms with Gasteiger partial charge in [-0.1, -0.05) is 29.8 Å². The van der Waals surface area contributed by atoms with E-state index < -0.39 is 10.0 Å². The van der Waals surface area contributed by atoms with E-state index in [-0.39, 0.29) is 17.3 Å². The van der Waals surface area contributed by atoms with E-state index in [9.17, 15) is 13.2 Å². The topological polar surface area (TPSA) is 79.4 Å². The molecule has 1 N–H and O–H groups in total. The number of rotatable bonds is 7. The zero-order valence-corrected chi connectivity index (χ0v) is 17.2. The van der Waals surface area contributed by atoms with Gasteiger partial charge < -0.3 is 5.32 Å². The van der Waals surface area contributed by atoms with Gasteiger partial charge in [-0.15, -0.1) is 0 Å². The minimum absolute atomic E-state index is 0.145. The number of nitrogens with one attached hydrogen (secondary N) is 1. The summed E-state index contributed by atoms with van der Waals surface area (Å²) in [5.41, 5.74) is 3.20. The molecule has 29 heavy (non-hydrogen) atoms. The van der Waals surface area contributed by atoms with E-state index in [4.69, 9.17) is 0 Å². The summed E-state index contributed by atoms with van der Waals surface area (Å²) in [5, 5.41) is 2.77. The molecule has 1 amide bonds. The van der Waals surface area contributed by atoms with Gasteiger partial charge in [0.05, 0.1) is 10.6 Å². The van der Waals surface area contributed by atoms with Crippen molar-refractivity contribution in [1.29, 1.82) is 0 Å². The molecule has 1 aromatic heterocycles. The molecule has 0 radical (unpaired) electrons. The zero-order valence-electron chi connectivity index (χ0n) is 16.4. The number of carbonyl (C=O) groups excluding carboxylic acids is 1. The molecule has 0 bridgehead atoms. The van der Waals surface area contributed by atoms with Crippen LogP contribution in [0.15, 0.2) is 78.0 Å². The average Bonchev–Trinajstić information content (AvgIpc) is 2.71. The maximum atomic E-state index is 13.3. The number of amides is 1. The molecular formula is C22H23N3O3S. The molecule has 150 valence electrons. The first-order valence-corrected chi connectivity index (χ1v) is 10.6. The first-order valence-electron chi connectivity index (χ1n) is 9.18. The van der Waals surface area contributed by atoms with Gasteiger partial charge in [-0.2, -0.15) is 0 Å². The van der Waals surface area contributed by atoms with E-state index in [2.05, 4.69) is 10.3 Å². The van der Waals surface area contributed by atoms with Crippen molar-refractivity contribution in [2.24, 2.45) is 0 Å². The Morgan fingerprint density at radius 2 is 1.66 bits per heavy atom. The largest absolute Gasteiger partial charge is 0.350 e. The van der Waals surface area contributed by atoms with Crippen molar-refractivity contribution in [3.05, 3.63) is 89.7 Å². The molecule has 0 saturated heterocycles. The Bertz CT molecular complexity index is 1080. The fourth-order valence-corrected chi connectivity index (χ4v) is 4.24. The molecule has 6 nitrogen and oxygen atoms in total. The molecule has 0 saturated carbocycles. The highest BCUT2D eigenvalue weighted by atomic mass is 32.2. The lowest BCUT2D eigenvalue weighted by molar-refractivity contribution is -0.119. The highest BCUT2D eigenvalue weighted by Crippen LogP contribution is 2.24. The summed E-state index contributed by atoms with van der Waals surface area (Å²) in [4.78, 5) is 16.7. The smallest absolute Gasteiger partial charge is 0.264 e. The molecule has 0 fully saturated rings. The van der Waals surface area contributed by atoms with Crippen LogP contribution in [0.3, 0.4) is 0 Å². The Morgan fingerprint density at radius 1 is 0.966 bits per heavy atom. The van der Waals surface area contributed by atoms with Crippen molar-refractivity contribution in [3.8, 4) is 0 Å². The standard InChI is InChI=1S/C22H23N3O3S/c1-17-6-8-21(9-7-17)29(27,28)25(20-5-3-4-18(2)14-20)16-22(26)24-15-19-10-12-23-13-11-19/h3-14H,15-16H2,1-2H3,(H,24,26). The maximum Gasteiger partial charge on any atom is 0.264 e. The first-order chi connectivity index (χ1) is 13.9. The highest BCUT2D eigenvalue weighted by Gasteiger charge is 2.27. The quantitative estimate of drug-likeness (QED) is 0.650. The molecule has 3 rings (SSSR count). The number of pyridine rings is 1. The number of carbonyl (C=O) groups is 1. The summed E-state index contributed by atoms with van der Waals surface area (Å²) < 4.78 is 27.8. The molecular weight excluding hydrogens is 386 g/mol. The molecule has 1 heterocycles. The lowest BCUT2D eigenvalue weighted by Gasteiger charge is -2.24. The van der Waals surface area contributed by atoms with E-state index in [1.807, 2.05) is 19.9 Å². The number of hydrogen-bond acceptors (Lipinski definition) is 4. The van der Waals surface area contributed by atoms with E-state index >= 15 is 0 Å². The van der Waals surface area contributed by atoms with Crippen molar-refractivity contribution in [1.82, 2.24) is 10.3 Å². The minimum atomic E-state index is -3.90. The number of aryl methyl sites for hydroxylation is 2. The third kappa shape index (κ3) is 5.20. The molecule has 0 unspecified atom stereocenters. The number of benzene rings is 2. The lowest BCUT2D eigenvalue weighted by atomic mass is 10.2. The Kier molecular flexibility index (Phi) is 6.29. The second-order valence-corrected chi connectivity index (χ2v) is 8.66. The average molecular weight is 410 g/mol. The van der Waals surface area contributed by atoms with Crippen molar-refractivity contribution >= 4 is 21.6 Å². The summed E-state index contributed by atoms with van der Waals surface area (Å²) in [6.07, 6.45) is 3.28. The number of sulfonamides is 1. The maximum absolute atomic E-state index is 13.3. The van der Waals surface area contributed by atoms with Crippen molar-refractivity contribution in [3.63, 3.8) is 0 Å². The van der Waals surface area contributed by atoms with E-state index in [0.29, 0.717) is 12.2 Å². The molecule has 0 atom stereocenters. The summed E-state index contributed by atoms with van der Waals surface area (Å²) in [5.74, 6) is -0.390. The van der Waals surface area contributed by atoms with Gasteiger partial charge in [-0.25, -0.2) is 8.42 Å². The molecule has 2 aromatic carbocycles. The summed E-state index contributed by atoms with van der Waals surface area (Å²) in [6, 6.07) is 17.3. The normalized spacial score (nSPS) is 11.1. The Hall–Kier alpha value is -3.19. The minimum Gasteiger partial charge on any atom is -0.350 e. The van der Waals surface area contributed by atoms with Crippen LogP contribution in [0.5, 0.6) is 0 Å². The van der Waals surface area contributed by atoms with Gasteiger partial charge in [0.25, 0.3) is 10.0 Å². The second kappa shape index (κ2) is 8.87. The third-order valence-corrected chi connectivity index (χ3v) is 6.21. The summed E-state index contributed by atoms with van der Waals surface area (Å²) >= 11 is 0. The number of anilines is 1. The van der Waals surface area contributed by atoms with E-state index in [1.165, 1.54) is 0 Å². The van der Waals surface area contributed by atoms with Crippen molar-refractivity contribution in [2.45, 2.75) is 25.3 Å². The van der Waals surface area contributed by atoms with Gasteiger partial charge in [0.1, 0.15) is 6.54 Å². The number of aromatic nitrogens is 1. The van der Waals surface area contributed by atoms with Gasteiger partial charge in [0, 0.05) is 18.9 Å². The molecule has 0 aliphatic rings. The van der Waals surface area contributed by atoms with Crippen LogP contribution in [0.2, 0.25) is 0 Å². The molecule has 0 aliphatic carbocycles. The molecule has 7 heteroatoms. The second-order valence-electron chi connectivity index (χ2n) is 6.80. The first kappa shape index (κ1) is 20.5. The van der Waals surface area contributed by atoms with Crippen molar-refractivity contribution < 1.29 is 13.2 Å². The molecule has 3 aromatic rings. The van der Waals surface area contributed by atoms with E-state index in [0.717, 1.165) is 21.0 Å². The predicted molar refractivity (Wildman–Crippen MR) is 113 cm³/mol. The highest BCUT2D eigenvalue weighted by molar-refractivity contribution is 7.92. The summed E-state index contributed by atoms with van der Waals surface area (Å²) in [6.45, 7) is 3.75. The number of hydrogen-bond donors (Lipinski definition) is 1. The van der Waals surface area contributed by atoms with Crippen LogP contribution >= 0.6 is 0 Å². The Labute approximate surface area is 171 Å². The predicted octanol–water partition coefficient (Wildman–Crippen LogP) is 3.21. The Balaban J connectivity index is 1.87. The van der Waals surface area contributed by atoms with E-state index in [1.54, 1.807) is 67.0 Å². The number of nitrogens with zero attached hydrogens (tertiary/aromatic N) is 2. The fourth-order valence-electron chi connectivity index (χ4n) is 2.82. The third-order valence-electron chi connectivity index (χ3n) is 4.42. The van der Waals surface area contributed by atoms with Crippen molar-refractivity contribution in [2.75, 3.05) is 10.8 Å².